The fraction of sp³-hybridized carbons (Fsp3) is 0.200. The van der Waals surface area contributed by atoms with Crippen LogP contribution in [0.15, 0.2) is 72.8 Å². The van der Waals surface area contributed by atoms with E-state index in [2.05, 4.69) is 16.7 Å². The zero-order valence-electron chi connectivity index (χ0n) is 20.4. The molecule has 7 heteroatoms. The van der Waals surface area contributed by atoms with Crippen molar-refractivity contribution in [3.05, 3.63) is 83.9 Å². The highest BCUT2D eigenvalue weighted by molar-refractivity contribution is 7.00. The van der Waals surface area contributed by atoms with Crippen LogP contribution in [0.25, 0.3) is 27.5 Å². The predicted octanol–water partition coefficient (Wildman–Crippen LogP) is 6.06. The monoisotopic (exact) mass is 496 g/mol. The van der Waals surface area contributed by atoms with Crippen molar-refractivity contribution in [1.29, 1.82) is 0 Å². The van der Waals surface area contributed by atoms with Crippen molar-refractivity contribution in [2.45, 2.75) is 38.2 Å². The summed E-state index contributed by atoms with van der Waals surface area (Å²) in [6.07, 6.45) is 0. The Kier molecular flexibility index (Phi) is 3.58. The molecule has 2 nitrogen and oxygen atoms in total. The summed E-state index contributed by atoms with van der Waals surface area (Å²) >= 11 is 0. The topological polar surface area (TPSA) is 8.17 Å². The predicted molar refractivity (Wildman–Crippen MR) is 142 cm³/mol. The molecule has 0 N–H and O–H groups in total. The van der Waals surface area contributed by atoms with Gasteiger partial charge in [-0.1, -0.05) is 69.3 Å². The summed E-state index contributed by atoms with van der Waals surface area (Å²) in [6, 6.07) is 18.0. The molecule has 0 atom stereocenters. The number of hydrogen-bond acceptors (Lipinski definition) is 1. The van der Waals surface area contributed by atoms with Crippen LogP contribution in [-0.4, -0.2) is 17.3 Å². The molecule has 0 amide bonds. The molecule has 0 saturated heterocycles. The second-order valence-electron chi connectivity index (χ2n) is 11.4. The number of aromatic nitrogens is 1. The SMILES string of the molecule is CC(C)(C)c1cc2c3c(c1)C(F)(F)C(F)(F)N3c1cccc3c1B2c1cccc2c4ccccc4n-3c12. The van der Waals surface area contributed by atoms with Gasteiger partial charge in [-0.15, -0.1) is 0 Å². The highest BCUT2D eigenvalue weighted by Gasteiger charge is 2.70. The van der Waals surface area contributed by atoms with E-state index in [-0.39, 0.29) is 11.4 Å². The van der Waals surface area contributed by atoms with E-state index in [4.69, 9.17) is 0 Å². The van der Waals surface area contributed by atoms with E-state index in [0.717, 1.165) is 33.0 Å². The van der Waals surface area contributed by atoms with Crippen LogP contribution in [0.4, 0.5) is 28.9 Å². The van der Waals surface area contributed by atoms with Crippen LogP contribution in [0.3, 0.4) is 0 Å². The summed E-state index contributed by atoms with van der Waals surface area (Å²) in [5.41, 5.74) is 4.44. The van der Waals surface area contributed by atoms with Crippen molar-refractivity contribution >= 4 is 56.3 Å². The van der Waals surface area contributed by atoms with Gasteiger partial charge >= 0.3 is 12.0 Å². The summed E-state index contributed by atoms with van der Waals surface area (Å²) < 4.78 is 64.9. The van der Waals surface area contributed by atoms with Gasteiger partial charge in [0.05, 0.1) is 16.8 Å². The van der Waals surface area contributed by atoms with Crippen LogP contribution in [0, 0.1) is 0 Å². The molecule has 0 unspecified atom stereocenters. The van der Waals surface area contributed by atoms with E-state index in [0.29, 0.717) is 21.4 Å². The Morgan fingerprint density at radius 3 is 2.24 bits per heavy atom. The number of halogens is 4. The van der Waals surface area contributed by atoms with E-state index < -0.39 is 29.7 Å². The molecule has 0 fully saturated rings. The smallest absolute Gasteiger partial charge is 0.310 e. The van der Waals surface area contributed by atoms with Gasteiger partial charge in [0.25, 0.3) is 6.71 Å². The van der Waals surface area contributed by atoms with Gasteiger partial charge in [-0.3, -0.25) is 4.90 Å². The number of anilines is 2. The molecule has 3 aliphatic rings. The van der Waals surface area contributed by atoms with Gasteiger partial charge in [0.1, 0.15) is 0 Å². The Hall–Kier alpha value is -3.74. The number of para-hydroxylation sites is 2. The lowest BCUT2D eigenvalue weighted by atomic mass is 9.33. The van der Waals surface area contributed by atoms with E-state index in [1.54, 1.807) is 12.1 Å². The molecule has 8 rings (SSSR count). The van der Waals surface area contributed by atoms with Crippen LogP contribution in [0.1, 0.15) is 31.9 Å². The minimum atomic E-state index is -4.40. The molecule has 5 aromatic rings. The summed E-state index contributed by atoms with van der Waals surface area (Å²) in [6.45, 7) is 5.33. The number of benzene rings is 4. The highest BCUT2D eigenvalue weighted by atomic mass is 19.3. The molecule has 4 aromatic carbocycles. The van der Waals surface area contributed by atoms with Crippen molar-refractivity contribution < 1.29 is 17.6 Å². The van der Waals surface area contributed by atoms with Gasteiger partial charge in [-0.05, 0) is 51.6 Å². The molecule has 0 radical (unpaired) electrons. The lowest BCUT2D eigenvalue weighted by molar-refractivity contribution is -0.200. The van der Waals surface area contributed by atoms with Gasteiger partial charge < -0.3 is 4.57 Å². The van der Waals surface area contributed by atoms with Crippen LogP contribution >= 0.6 is 0 Å². The zero-order valence-corrected chi connectivity index (χ0v) is 20.4. The second kappa shape index (κ2) is 6.21. The minimum absolute atomic E-state index is 0.0563. The third-order valence-corrected chi connectivity index (χ3v) is 8.40. The fourth-order valence-corrected chi connectivity index (χ4v) is 6.75. The van der Waals surface area contributed by atoms with E-state index >= 15 is 17.6 Å². The highest BCUT2D eigenvalue weighted by Crippen LogP contribution is 2.59. The van der Waals surface area contributed by atoms with Crippen molar-refractivity contribution in [3.8, 4) is 5.69 Å². The maximum absolute atomic E-state index is 15.8. The van der Waals surface area contributed by atoms with Gasteiger partial charge in [0.15, 0.2) is 0 Å². The number of rotatable bonds is 0. The molecular formula is C30H21BF4N2. The Morgan fingerprint density at radius 1 is 0.757 bits per heavy atom. The number of alkyl halides is 4. The van der Waals surface area contributed by atoms with Crippen molar-refractivity contribution in [2.75, 3.05) is 4.90 Å². The molecular weight excluding hydrogens is 475 g/mol. The Labute approximate surface area is 211 Å². The first-order valence-corrected chi connectivity index (χ1v) is 12.4. The molecule has 0 saturated carbocycles. The number of hydrogen-bond donors (Lipinski definition) is 0. The van der Waals surface area contributed by atoms with E-state index in [9.17, 15) is 0 Å². The van der Waals surface area contributed by atoms with Crippen molar-refractivity contribution in [2.24, 2.45) is 0 Å². The Balaban J connectivity index is 1.60. The standard InChI is InChI=1S/C30H21BF4N2/c1-28(2,3)16-14-19-27-21(15-16)31-20-10-6-9-18-17-8-4-5-11-22(17)36(26(18)20)23-12-7-13-24(25(23)31)37(27)30(34,35)29(19,32)33/h4-15H,1-3H3. The summed E-state index contributed by atoms with van der Waals surface area (Å²) in [5.74, 6) is -4.33. The lowest BCUT2D eigenvalue weighted by Crippen LogP contribution is -2.62. The van der Waals surface area contributed by atoms with Crippen LogP contribution in [-0.2, 0) is 11.3 Å². The first kappa shape index (κ1) is 21.4. The molecule has 182 valence electrons. The Morgan fingerprint density at radius 2 is 1.46 bits per heavy atom. The minimum Gasteiger partial charge on any atom is -0.310 e. The lowest BCUT2D eigenvalue weighted by Gasteiger charge is -2.40. The van der Waals surface area contributed by atoms with E-state index in [1.807, 2.05) is 63.2 Å². The first-order valence-electron chi connectivity index (χ1n) is 12.4. The first-order chi connectivity index (χ1) is 17.5. The molecule has 0 aliphatic carbocycles. The second-order valence-corrected chi connectivity index (χ2v) is 11.4. The third kappa shape index (κ3) is 2.26. The molecule has 0 bridgehead atoms. The molecule has 4 heterocycles. The third-order valence-electron chi connectivity index (χ3n) is 8.40. The summed E-state index contributed by atoms with van der Waals surface area (Å²) in [5, 5.41) is 2.13. The summed E-state index contributed by atoms with van der Waals surface area (Å²) in [4.78, 5) is 0.607. The average molecular weight is 496 g/mol. The molecule has 1 aromatic heterocycles. The fourth-order valence-electron chi connectivity index (χ4n) is 6.75. The van der Waals surface area contributed by atoms with Crippen LogP contribution in [0.2, 0.25) is 0 Å². The maximum Gasteiger partial charge on any atom is 0.397 e. The molecule has 37 heavy (non-hydrogen) atoms. The van der Waals surface area contributed by atoms with Crippen molar-refractivity contribution in [1.82, 2.24) is 4.57 Å². The average Bonchev–Trinajstić information content (AvgIpc) is 3.27. The molecule has 3 aliphatic heterocycles. The largest absolute Gasteiger partial charge is 0.397 e. The van der Waals surface area contributed by atoms with E-state index in [1.165, 1.54) is 6.07 Å². The summed E-state index contributed by atoms with van der Waals surface area (Å²) in [7, 11) is 0. The zero-order chi connectivity index (χ0) is 25.6. The Bertz CT molecular complexity index is 1850. The van der Waals surface area contributed by atoms with Crippen molar-refractivity contribution in [3.63, 3.8) is 0 Å². The van der Waals surface area contributed by atoms with Gasteiger partial charge in [-0.25, -0.2) is 0 Å². The van der Waals surface area contributed by atoms with Crippen LogP contribution < -0.4 is 21.3 Å². The van der Waals surface area contributed by atoms with Gasteiger partial charge in [0, 0.05) is 27.7 Å². The normalized spacial score (nSPS) is 17.9. The molecule has 0 spiro atoms. The quantitative estimate of drug-likeness (QED) is 0.141. The van der Waals surface area contributed by atoms with Gasteiger partial charge in [-0.2, -0.15) is 17.6 Å². The van der Waals surface area contributed by atoms with Crippen LogP contribution in [0.5, 0.6) is 0 Å². The maximum atomic E-state index is 15.8. The number of nitrogens with zero attached hydrogens (tertiary/aromatic N) is 2. The number of fused-ring (bicyclic) bond motifs is 7. The van der Waals surface area contributed by atoms with Gasteiger partial charge in [0.2, 0.25) is 0 Å².